The van der Waals surface area contributed by atoms with Gasteiger partial charge >= 0.3 is 0 Å². The Morgan fingerprint density at radius 3 is 2.20 bits per heavy atom. The van der Waals surface area contributed by atoms with Crippen molar-refractivity contribution in [3.8, 4) is 0 Å². The van der Waals surface area contributed by atoms with Gasteiger partial charge in [0.25, 0.3) is 0 Å². The Morgan fingerprint density at radius 2 is 1.70 bits per heavy atom. The topological polar surface area (TPSA) is 15.3 Å². The van der Waals surface area contributed by atoms with Gasteiger partial charge in [-0.25, -0.2) is 0 Å². The minimum Gasteiger partial charge on any atom is -0.370 e. The third-order valence-electron chi connectivity index (χ3n) is 3.50. The highest BCUT2D eigenvalue weighted by molar-refractivity contribution is 6.33. The van der Waals surface area contributed by atoms with Crippen molar-refractivity contribution in [2.24, 2.45) is 0 Å². The van der Waals surface area contributed by atoms with Gasteiger partial charge in [-0.2, -0.15) is 0 Å². The van der Waals surface area contributed by atoms with Gasteiger partial charge in [-0.15, -0.1) is 0 Å². The normalized spacial score (nSPS) is 10.8. The summed E-state index contributed by atoms with van der Waals surface area (Å²) < 4.78 is 0. The van der Waals surface area contributed by atoms with Gasteiger partial charge in [0, 0.05) is 19.6 Å². The highest BCUT2D eigenvalue weighted by Gasteiger charge is 2.10. The number of benzene rings is 1. The molecule has 1 aromatic rings. The van der Waals surface area contributed by atoms with Gasteiger partial charge in [-0.3, -0.25) is 0 Å². The number of nitrogens with zero attached hydrogens (tertiary/aromatic N) is 1. The number of rotatable bonds is 10. The molecule has 3 heteroatoms. The van der Waals surface area contributed by atoms with E-state index in [-0.39, 0.29) is 0 Å². The molecule has 0 bridgehead atoms. The second kappa shape index (κ2) is 10.1. The monoisotopic (exact) mass is 296 g/mol. The average Bonchev–Trinajstić information content (AvgIpc) is 2.46. The van der Waals surface area contributed by atoms with Gasteiger partial charge in [-0.1, -0.05) is 51.3 Å². The molecule has 0 aromatic heterocycles. The van der Waals surface area contributed by atoms with Gasteiger partial charge in [-0.05, 0) is 37.1 Å². The first-order valence-electron chi connectivity index (χ1n) is 7.97. The molecule has 0 aliphatic heterocycles. The van der Waals surface area contributed by atoms with Crippen molar-refractivity contribution in [2.75, 3.05) is 24.5 Å². The van der Waals surface area contributed by atoms with Crippen molar-refractivity contribution in [1.29, 1.82) is 0 Å². The van der Waals surface area contributed by atoms with Crippen LogP contribution in [0.2, 0.25) is 5.02 Å². The Hall–Kier alpha value is -0.730. The zero-order chi connectivity index (χ0) is 14.8. The van der Waals surface area contributed by atoms with Crippen molar-refractivity contribution in [3.05, 3.63) is 28.8 Å². The summed E-state index contributed by atoms with van der Waals surface area (Å²) >= 11 is 6.49. The number of nitrogens with one attached hydrogen (secondary N) is 1. The molecule has 0 heterocycles. The molecule has 0 spiro atoms. The molecular weight excluding hydrogens is 268 g/mol. The first-order valence-corrected chi connectivity index (χ1v) is 8.34. The molecule has 0 unspecified atom stereocenters. The molecule has 0 radical (unpaired) electrons. The molecule has 0 atom stereocenters. The van der Waals surface area contributed by atoms with Crippen LogP contribution in [0.15, 0.2) is 18.2 Å². The van der Waals surface area contributed by atoms with Crippen LogP contribution in [-0.2, 0) is 6.54 Å². The van der Waals surface area contributed by atoms with Crippen molar-refractivity contribution in [2.45, 2.75) is 53.0 Å². The van der Waals surface area contributed by atoms with E-state index in [9.17, 15) is 0 Å². The van der Waals surface area contributed by atoms with Crippen LogP contribution < -0.4 is 10.2 Å². The summed E-state index contributed by atoms with van der Waals surface area (Å²) in [5.74, 6) is 0. The van der Waals surface area contributed by atoms with Gasteiger partial charge in [0.2, 0.25) is 0 Å². The zero-order valence-electron chi connectivity index (χ0n) is 13.2. The largest absolute Gasteiger partial charge is 0.370 e. The van der Waals surface area contributed by atoms with Crippen LogP contribution in [-0.4, -0.2) is 19.6 Å². The maximum Gasteiger partial charge on any atom is 0.0642 e. The summed E-state index contributed by atoms with van der Waals surface area (Å²) in [6.45, 7) is 10.7. The maximum absolute atomic E-state index is 6.49. The number of unbranched alkanes of at least 4 members (excludes halogenated alkanes) is 2. The fourth-order valence-electron chi connectivity index (χ4n) is 2.24. The first kappa shape index (κ1) is 17.3. The molecular formula is C17H29ClN2. The lowest BCUT2D eigenvalue weighted by Gasteiger charge is -2.26. The van der Waals surface area contributed by atoms with Crippen LogP contribution in [0.25, 0.3) is 0 Å². The zero-order valence-corrected chi connectivity index (χ0v) is 14.0. The SMILES string of the molecule is CCCCN(CCCC)c1ccc(CNCC)cc1Cl. The van der Waals surface area contributed by atoms with Crippen molar-refractivity contribution < 1.29 is 0 Å². The number of anilines is 1. The smallest absolute Gasteiger partial charge is 0.0642 e. The maximum atomic E-state index is 6.49. The molecule has 1 rings (SSSR count). The second-order valence-corrected chi connectivity index (χ2v) is 5.67. The summed E-state index contributed by atoms with van der Waals surface area (Å²) in [5.41, 5.74) is 2.44. The molecule has 0 saturated carbocycles. The quantitative estimate of drug-likeness (QED) is 0.663. The van der Waals surface area contributed by atoms with Crippen LogP contribution in [0.1, 0.15) is 52.0 Å². The number of halogens is 1. The molecule has 1 aromatic carbocycles. The van der Waals surface area contributed by atoms with Crippen molar-refractivity contribution in [1.82, 2.24) is 5.32 Å². The van der Waals surface area contributed by atoms with Gasteiger partial charge in [0.05, 0.1) is 10.7 Å². The minimum atomic E-state index is 0.882. The Labute approximate surface area is 129 Å². The number of hydrogen-bond donors (Lipinski definition) is 1. The van der Waals surface area contributed by atoms with E-state index in [1.807, 2.05) is 0 Å². The lowest BCUT2D eigenvalue weighted by molar-refractivity contribution is 0.677. The van der Waals surface area contributed by atoms with E-state index in [0.717, 1.165) is 31.2 Å². The molecule has 1 N–H and O–H groups in total. The van der Waals surface area contributed by atoms with Crippen LogP contribution in [0.3, 0.4) is 0 Å². The van der Waals surface area contributed by atoms with Crippen LogP contribution in [0.4, 0.5) is 5.69 Å². The van der Waals surface area contributed by atoms with Gasteiger partial charge in [0.15, 0.2) is 0 Å². The third kappa shape index (κ3) is 5.72. The van der Waals surface area contributed by atoms with Crippen LogP contribution >= 0.6 is 11.6 Å². The van der Waals surface area contributed by atoms with Gasteiger partial charge < -0.3 is 10.2 Å². The molecule has 0 aliphatic rings. The summed E-state index contributed by atoms with van der Waals surface area (Å²) in [6.07, 6.45) is 4.88. The van der Waals surface area contributed by atoms with Crippen LogP contribution in [0, 0.1) is 0 Å². The Balaban J connectivity index is 2.78. The first-order chi connectivity index (χ1) is 9.72. The van der Waals surface area contributed by atoms with Gasteiger partial charge in [0.1, 0.15) is 0 Å². The lowest BCUT2D eigenvalue weighted by Crippen LogP contribution is -2.26. The standard InChI is InChI=1S/C17H29ClN2/c1-4-7-11-20(12-8-5-2)17-10-9-15(13-16(17)18)14-19-6-3/h9-10,13,19H,4-8,11-12,14H2,1-3H3. The predicted molar refractivity (Wildman–Crippen MR) is 90.9 cm³/mol. The van der Waals surface area contributed by atoms with E-state index in [1.165, 1.54) is 36.9 Å². The molecule has 20 heavy (non-hydrogen) atoms. The van der Waals surface area contributed by atoms with E-state index in [1.54, 1.807) is 0 Å². The highest BCUT2D eigenvalue weighted by Crippen LogP contribution is 2.27. The fraction of sp³-hybridized carbons (Fsp3) is 0.647. The lowest BCUT2D eigenvalue weighted by atomic mass is 10.1. The van der Waals surface area contributed by atoms with E-state index in [0.29, 0.717) is 0 Å². The Morgan fingerprint density at radius 1 is 1.05 bits per heavy atom. The van der Waals surface area contributed by atoms with E-state index in [4.69, 9.17) is 11.6 Å². The molecule has 2 nitrogen and oxygen atoms in total. The van der Waals surface area contributed by atoms with Crippen molar-refractivity contribution in [3.63, 3.8) is 0 Å². The minimum absolute atomic E-state index is 0.882. The van der Waals surface area contributed by atoms with E-state index in [2.05, 4.69) is 49.2 Å². The molecule has 0 aliphatic carbocycles. The van der Waals surface area contributed by atoms with E-state index >= 15 is 0 Å². The molecule has 0 fully saturated rings. The Bertz CT molecular complexity index is 371. The van der Waals surface area contributed by atoms with Crippen molar-refractivity contribution >= 4 is 17.3 Å². The molecule has 0 saturated heterocycles. The summed E-state index contributed by atoms with van der Waals surface area (Å²) in [7, 11) is 0. The fourth-order valence-corrected chi connectivity index (χ4v) is 2.56. The summed E-state index contributed by atoms with van der Waals surface area (Å²) in [6, 6.07) is 6.47. The Kier molecular flexibility index (Phi) is 8.72. The molecule has 0 amide bonds. The average molecular weight is 297 g/mol. The summed E-state index contributed by atoms with van der Waals surface area (Å²) in [4.78, 5) is 2.44. The highest BCUT2D eigenvalue weighted by atomic mass is 35.5. The predicted octanol–water partition coefficient (Wildman–Crippen LogP) is 4.86. The van der Waals surface area contributed by atoms with Crippen LogP contribution in [0.5, 0.6) is 0 Å². The molecule has 114 valence electrons. The number of hydrogen-bond acceptors (Lipinski definition) is 2. The second-order valence-electron chi connectivity index (χ2n) is 5.26. The summed E-state index contributed by atoms with van der Waals surface area (Å²) in [5, 5.41) is 4.22. The van der Waals surface area contributed by atoms with E-state index < -0.39 is 0 Å². The third-order valence-corrected chi connectivity index (χ3v) is 3.80.